The molecule has 0 spiro atoms. The topological polar surface area (TPSA) is 356 Å². The molecule has 1 aliphatic heterocycles. The molecular formula is C38H51N9O14. The van der Waals surface area contributed by atoms with Gasteiger partial charge >= 0.3 is 11.9 Å². The van der Waals surface area contributed by atoms with E-state index in [1.54, 1.807) is 26.0 Å². The van der Waals surface area contributed by atoms with Crippen LogP contribution in [0.25, 0.3) is 0 Å². The zero-order valence-corrected chi connectivity index (χ0v) is 33.7. The van der Waals surface area contributed by atoms with Crippen LogP contribution in [0, 0.1) is 26.1 Å². The van der Waals surface area contributed by atoms with Crippen molar-refractivity contribution in [3.63, 3.8) is 0 Å². The molecule has 0 aromatic heterocycles. The van der Waals surface area contributed by atoms with Crippen LogP contribution in [-0.2, 0) is 40.0 Å². The van der Waals surface area contributed by atoms with Crippen LogP contribution in [0.4, 0.5) is 17.1 Å². The van der Waals surface area contributed by atoms with Crippen molar-refractivity contribution in [1.29, 1.82) is 0 Å². The zero-order chi connectivity index (χ0) is 45.6. The second-order valence-electron chi connectivity index (χ2n) is 14.8. The number of nitrogens with two attached hydrogens (primary N) is 1. The average Bonchev–Trinajstić information content (AvgIpc) is 3.69. The summed E-state index contributed by atoms with van der Waals surface area (Å²) < 4.78 is 0. The van der Waals surface area contributed by atoms with Crippen molar-refractivity contribution < 1.29 is 58.7 Å². The summed E-state index contributed by atoms with van der Waals surface area (Å²) >= 11 is 0. The van der Waals surface area contributed by atoms with E-state index in [4.69, 9.17) is 5.73 Å². The monoisotopic (exact) mass is 857 g/mol. The fourth-order valence-corrected chi connectivity index (χ4v) is 6.47. The third-order valence-electron chi connectivity index (χ3n) is 9.80. The lowest BCUT2D eigenvalue weighted by Gasteiger charge is -2.30. The Morgan fingerprint density at radius 3 is 2.11 bits per heavy atom. The number of nitro groups is 2. The van der Waals surface area contributed by atoms with Crippen molar-refractivity contribution in [2.45, 2.75) is 102 Å². The number of carbonyl (C=O) groups is 7. The van der Waals surface area contributed by atoms with Crippen molar-refractivity contribution in [2.75, 3.05) is 18.4 Å². The molecule has 0 unspecified atom stereocenters. The lowest BCUT2D eigenvalue weighted by Crippen LogP contribution is -2.59. The van der Waals surface area contributed by atoms with Crippen LogP contribution in [0.3, 0.4) is 0 Å². The summed E-state index contributed by atoms with van der Waals surface area (Å²) in [5, 5.41) is 63.8. The van der Waals surface area contributed by atoms with E-state index < -0.39 is 111 Å². The van der Waals surface area contributed by atoms with E-state index in [1.165, 1.54) is 25.1 Å². The molecule has 23 nitrogen and oxygen atoms in total. The number of nitrogens with one attached hydrogen (secondary N) is 5. The minimum atomic E-state index is -1.69. The van der Waals surface area contributed by atoms with Crippen molar-refractivity contribution in [3.05, 3.63) is 68.3 Å². The fourth-order valence-electron chi connectivity index (χ4n) is 6.47. The number of non-ortho nitro benzene ring substituents is 1. The third-order valence-corrected chi connectivity index (χ3v) is 9.80. The number of phenols is 1. The van der Waals surface area contributed by atoms with E-state index in [1.807, 2.05) is 0 Å². The standard InChI is InChI=1S/C38H51N9O14/c1-20(2)32(44-34(52)25(39)17-22-9-12-24(48)13-10-22)36(54)41-21(3)33(51)43-28(19-31(49)50)37(55)45-16-6-8-29(45)35(53)42-27(38(56)57)7-4-5-15-40-26-14-11-23(46(58)59)18-30(26)47(60)61/h9-14,18,20-21,25,27-29,32,40,48H,4-8,15-17,19,39H2,1-3H3,(H,41,54)(H,42,53)(H,43,51)(H,44,52)(H,49,50)(H,56,57)/t21-,25-,27-,28-,29-,32-/m0/s1. The summed E-state index contributed by atoms with van der Waals surface area (Å²) in [6.45, 7) is 4.67. The molecule has 2 aromatic rings. The molecular weight excluding hydrogens is 806 g/mol. The number of amides is 5. The van der Waals surface area contributed by atoms with Crippen LogP contribution in [0.15, 0.2) is 42.5 Å². The number of hydrogen-bond acceptors (Lipinski definition) is 14. The van der Waals surface area contributed by atoms with Gasteiger partial charge in [0.15, 0.2) is 0 Å². The van der Waals surface area contributed by atoms with Gasteiger partial charge in [-0.2, -0.15) is 0 Å². The number of anilines is 1. The Morgan fingerprint density at radius 2 is 1.52 bits per heavy atom. The first-order valence-electron chi connectivity index (χ1n) is 19.4. The highest BCUT2D eigenvalue weighted by Crippen LogP contribution is 2.29. The van der Waals surface area contributed by atoms with Crippen LogP contribution in [0.5, 0.6) is 5.75 Å². The van der Waals surface area contributed by atoms with E-state index in [2.05, 4.69) is 26.6 Å². The first-order chi connectivity index (χ1) is 28.7. The molecule has 1 heterocycles. The number of nitro benzene ring substituents is 2. The van der Waals surface area contributed by atoms with E-state index >= 15 is 0 Å². The second kappa shape index (κ2) is 22.5. The molecule has 0 aliphatic carbocycles. The predicted molar refractivity (Wildman–Crippen MR) is 215 cm³/mol. The highest BCUT2D eigenvalue weighted by atomic mass is 16.6. The Balaban J connectivity index is 1.58. The molecule has 0 radical (unpaired) electrons. The van der Waals surface area contributed by atoms with Gasteiger partial charge in [0.05, 0.1) is 28.4 Å². The minimum Gasteiger partial charge on any atom is -0.508 e. The van der Waals surface area contributed by atoms with Gasteiger partial charge in [-0.15, -0.1) is 0 Å². The Bertz CT molecular complexity index is 1960. The van der Waals surface area contributed by atoms with Gasteiger partial charge in [0.1, 0.15) is 41.6 Å². The van der Waals surface area contributed by atoms with Crippen LogP contribution < -0.4 is 32.3 Å². The van der Waals surface area contributed by atoms with Crippen molar-refractivity contribution in [3.8, 4) is 5.75 Å². The highest BCUT2D eigenvalue weighted by molar-refractivity contribution is 5.97. The lowest BCUT2D eigenvalue weighted by atomic mass is 10.0. The van der Waals surface area contributed by atoms with Crippen molar-refractivity contribution in [1.82, 2.24) is 26.2 Å². The molecule has 0 bridgehead atoms. The van der Waals surface area contributed by atoms with Gasteiger partial charge in [-0.05, 0) is 75.1 Å². The van der Waals surface area contributed by atoms with Crippen LogP contribution in [-0.4, -0.2) is 121 Å². The summed E-state index contributed by atoms with van der Waals surface area (Å²) in [6.07, 6.45) is 0.00105. The fraction of sp³-hybridized carbons (Fsp3) is 0.500. The molecule has 5 amide bonds. The Hall–Kier alpha value is -6.91. The number of hydrogen-bond donors (Lipinski definition) is 9. The minimum absolute atomic E-state index is 0.0158. The molecule has 6 atom stereocenters. The first kappa shape index (κ1) is 48.5. The van der Waals surface area contributed by atoms with Gasteiger partial charge in [0.25, 0.3) is 11.4 Å². The number of phenolic OH excluding ortho intramolecular Hbond substituents is 1. The maximum atomic E-state index is 13.7. The molecule has 61 heavy (non-hydrogen) atoms. The predicted octanol–water partition coefficient (Wildman–Crippen LogP) is 0.526. The maximum absolute atomic E-state index is 13.7. The van der Waals surface area contributed by atoms with Gasteiger partial charge in [-0.25, -0.2) is 4.79 Å². The third kappa shape index (κ3) is 14.4. The molecule has 1 fully saturated rings. The molecule has 3 rings (SSSR count). The summed E-state index contributed by atoms with van der Waals surface area (Å²) in [7, 11) is 0. The number of carboxylic acids is 2. The Labute approximate surface area is 349 Å². The summed E-state index contributed by atoms with van der Waals surface area (Å²) in [5.74, 6) is -7.43. The molecule has 1 saturated heterocycles. The van der Waals surface area contributed by atoms with Gasteiger partial charge in [-0.1, -0.05) is 26.0 Å². The first-order valence-corrected chi connectivity index (χ1v) is 19.4. The van der Waals surface area contributed by atoms with E-state index in [0.29, 0.717) is 12.0 Å². The summed E-state index contributed by atoms with van der Waals surface area (Å²) in [5.41, 5.74) is 5.75. The quantitative estimate of drug-likeness (QED) is 0.0418. The number of benzene rings is 2. The largest absolute Gasteiger partial charge is 0.508 e. The number of nitrogens with zero attached hydrogens (tertiary/aromatic N) is 3. The number of rotatable bonds is 23. The molecule has 0 saturated carbocycles. The Morgan fingerprint density at radius 1 is 0.852 bits per heavy atom. The normalized spacial score (nSPS) is 16.0. The Kier molecular flexibility index (Phi) is 17.8. The van der Waals surface area contributed by atoms with Crippen LogP contribution in [0.1, 0.15) is 64.9 Å². The summed E-state index contributed by atoms with van der Waals surface area (Å²) in [6, 6.07) is 1.28. The number of aromatic hydroxyl groups is 1. The second-order valence-corrected chi connectivity index (χ2v) is 14.8. The van der Waals surface area contributed by atoms with Crippen LogP contribution in [0.2, 0.25) is 0 Å². The number of unbranched alkanes of at least 4 members (excludes halogenated alkanes) is 1. The van der Waals surface area contributed by atoms with Gasteiger partial charge in [0.2, 0.25) is 29.5 Å². The lowest BCUT2D eigenvalue weighted by molar-refractivity contribution is -0.393. The molecule has 332 valence electrons. The van der Waals surface area contributed by atoms with E-state index in [9.17, 15) is 69.1 Å². The van der Waals surface area contributed by atoms with Crippen molar-refractivity contribution in [2.24, 2.45) is 11.7 Å². The van der Waals surface area contributed by atoms with Gasteiger partial charge < -0.3 is 52.5 Å². The van der Waals surface area contributed by atoms with E-state index in [0.717, 1.165) is 17.0 Å². The molecule has 2 aromatic carbocycles. The average molecular weight is 858 g/mol. The smallest absolute Gasteiger partial charge is 0.326 e. The maximum Gasteiger partial charge on any atom is 0.326 e. The number of carboxylic acid groups (broad SMARTS) is 2. The molecule has 1 aliphatic rings. The zero-order valence-electron chi connectivity index (χ0n) is 33.7. The van der Waals surface area contributed by atoms with Crippen molar-refractivity contribution >= 4 is 58.5 Å². The molecule has 10 N–H and O–H groups in total. The number of likely N-dealkylation sites (tertiary alicyclic amines) is 1. The van der Waals surface area contributed by atoms with E-state index in [-0.39, 0.29) is 56.6 Å². The number of aliphatic carboxylic acids is 2. The van der Waals surface area contributed by atoms with Crippen LogP contribution >= 0.6 is 0 Å². The van der Waals surface area contributed by atoms with Gasteiger partial charge in [0, 0.05) is 19.2 Å². The number of carbonyl (C=O) groups excluding carboxylic acids is 5. The summed E-state index contributed by atoms with van der Waals surface area (Å²) in [4.78, 5) is 112. The SMILES string of the molecule is CC(C)[C@H](NC(=O)[C@@H](N)Cc1ccc(O)cc1)C(=O)N[C@@H](C)C(=O)N[C@@H](CC(=O)O)C(=O)N1CCC[C@H]1C(=O)N[C@@H](CCCCNc1ccc([N+](=O)[O-])cc1[N+](=O)[O-])C(=O)O. The highest BCUT2D eigenvalue weighted by Gasteiger charge is 2.40. The van der Waals surface area contributed by atoms with Gasteiger partial charge in [-0.3, -0.25) is 49.0 Å². The molecule has 23 heteroatoms.